The van der Waals surface area contributed by atoms with E-state index in [1.807, 2.05) is 0 Å². The number of benzene rings is 2. The maximum Gasteiger partial charge on any atom is 0.322 e. The average molecular weight is 387 g/mol. The standard InChI is InChI=1S/C18H17N3O5S/c1-3-27(23,24)15-10-6-13(7-11-15)17-20-21-18(26-17)19-16(22)12-4-8-14(25-2)9-5-12/h4-11H,3H2,1-2H3,(H,19,21,22). The van der Waals surface area contributed by atoms with Crippen molar-refractivity contribution in [2.75, 3.05) is 18.2 Å². The molecule has 0 aliphatic rings. The molecule has 0 saturated heterocycles. The average Bonchev–Trinajstić information content (AvgIpc) is 3.16. The van der Waals surface area contributed by atoms with Crippen molar-refractivity contribution in [2.24, 2.45) is 0 Å². The summed E-state index contributed by atoms with van der Waals surface area (Å²) in [5.41, 5.74) is 0.951. The smallest absolute Gasteiger partial charge is 0.322 e. The normalized spacial score (nSPS) is 11.2. The Morgan fingerprint density at radius 2 is 1.74 bits per heavy atom. The first kappa shape index (κ1) is 18.6. The Labute approximate surface area is 156 Å². The maximum absolute atomic E-state index is 12.2. The van der Waals surface area contributed by atoms with Gasteiger partial charge in [0.25, 0.3) is 5.91 Å². The summed E-state index contributed by atoms with van der Waals surface area (Å²) >= 11 is 0. The third-order valence-corrected chi connectivity index (χ3v) is 5.59. The minimum absolute atomic E-state index is 0.0223. The lowest BCUT2D eigenvalue weighted by Gasteiger charge is -2.03. The van der Waals surface area contributed by atoms with Crippen LogP contribution in [-0.4, -0.2) is 37.4 Å². The van der Waals surface area contributed by atoms with Gasteiger partial charge in [0, 0.05) is 11.1 Å². The van der Waals surface area contributed by atoms with Gasteiger partial charge in [0.15, 0.2) is 9.84 Å². The molecule has 2 aromatic carbocycles. The lowest BCUT2D eigenvalue weighted by molar-refractivity contribution is 0.102. The molecule has 27 heavy (non-hydrogen) atoms. The number of anilines is 1. The fourth-order valence-electron chi connectivity index (χ4n) is 2.27. The summed E-state index contributed by atoms with van der Waals surface area (Å²) < 4.78 is 34.2. The van der Waals surface area contributed by atoms with Gasteiger partial charge >= 0.3 is 6.01 Å². The third-order valence-electron chi connectivity index (χ3n) is 3.84. The minimum Gasteiger partial charge on any atom is -0.497 e. The van der Waals surface area contributed by atoms with E-state index < -0.39 is 15.7 Å². The second kappa shape index (κ2) is 7.58. The van der Waals surface area contributed by atoms with Gasteiger partial charge in [-0.2, -0.15) is 0 Å². The molecule has 0 aliphatic heterocycles. The van der Waals surface area contributed by atoms with Gasteiger partial charge in [-0.05, 0) is 48.5 Å². The highest BCUT2D eigenvalue weighted by Gasteiger charge is 2.15. The number of nitrogens with one attached hydrogen (secondary N) is 1. The summed E-state index contributed by atoms with van der Waals surface area (Å²) in [5, 5.41) is 10.2. The van der Waals surface area contributed by atoms with E-state index in [1.54, 1.807) is 50.4 Å². The van der Waals surface area contributed by atoms with Crippen LogP contribution in [0.1, 0.15) is 17.3 Å². The summed E-state index contributed by atoms with van der Waals surface area (Å²) in [4.78, 5) is 12.4. The van der Waals surface area contributed by atoms with Crippen LogP contribution in [-0.2, 0) is 9.84 Å². The summed E-state index contributed by atoms with van der Waals surface area (Å²) in [6, 6.07) is 12.6. The molecule has 0 aliphatic carbocycles. The first-order valence-electron chi connectivity index (χ1n) is 8.05. The molecule has 3 aromatic rings. The highest BCUT2D eigenvalue weighted by atomic mass is 32.2. The van der Waals surface area contributed by atoms with E-state index in [9.17, 15) is 13.2 Å². The van der Waals surface area contributed by atoms with Crippen LogP contribution in [0.2, 0.25) is 0 Å². The fourth-order valence-corrected chi connectivity index (χ4v) is 3.16. The molecule has 8 nitrogen and oxygen atoms in total. The first-order chi connectivity index (χ1) is 12.9. The van der Waals surface area contributed by atoms with Crippen molar-refractivity contribution < 1.29 is 22.4 Å². The predicted octanol–water partition coefficient (Wildman–Crippen LogP) is 2.79. The molecule has 1 heterocycles. The Morgan fingerprint density at radius 1 is 1.07 bits per heavy atom. The Morgan fingerprint density at radius 3 is 2.33 bits per heavy atom. The number of sulfone groups is 1. The molecule has 0 radical (unpaired) electrons. The molecule has 0 saturated carbocycles. The van der Waals surface area contributed by atoms with Crippen molar-refractivity contribution in [3.05, 3.63) is 54.1 Å². The lowest BCUT2D eigenvalue weighted by Crippen LogP contribution is -2.11. The number of nitrogens with zero attached hydrogens (tertiary/aromatic N) is 2. The van der Waals surface area contributed by atoms with Crippen molar-refractivity contribution in [1.29, 1.82) is 0 Å². The van der Waals surface area contributed by atoms with Gasteiger partial charge in [-0.3, -0.25) is 10.1 Å². The second-order valence-corrected chi connectivity index (χ2v) is 7.80. The molecule has 0 bridgehead atoms. The van der Waals surface area contributed by atoms with Crippen molar-refractivity contribution in [3.8, 4) is 17.2 Å². The Balaban J connectivity index is 1.73. The topological polar surface area (TPSA) is 111 Å². The van der Waals surface area contributed by atoms with Gasteiger partial charge in [0.05, 0.1) is 17.8 Å². The van der Waals surface area contributed by atoms with Gasteiger partial charge in [-0.15, -0.1) is 5.10 Å². The quantitative estimate of drug-likeness (QED) is 0.692. The number of rotatable bonds is 6. The molecule has 0 atom stereocenters. The Hall–Kier alpha value is -3.20. The molecule has 3 rings (SSSR count). The van der Waals surface area contributed by atoms with Gasteiger partial charge in [0.2, 0.25) is 5.89 Å². The lowest BCUT2D eigenvalue weighted by atomic mass is 10.2. The zero-order valence-electron chi connectivity index (χ0n) is 14.7. The summed E-state index contributed by atoms with van der Waals surface area (Å²) in [7, 11) is -1.74. The largest absolute Gasteiger partial charge is 0.497 e. The molecule has 0 unspecified atom stereocenters. The molecule has 0 spiro atoms. The molecule has 1 N–H and O–H groups in total. The van der Waals surface area contributed by atoms with E-state index in [2.05, 4.69) is 15.5 Å². The highest BCUT2D eigenvalue weighted by molar-refractivity contribution is 7.91. The summed E-state index contributed by atoms with van der Waals surface area (Å²) in [6.45, 7) is 1.58. The SMILES string of the molecule is CCS(=O)(=O)c1ccc(-c2nnc(NC(=O)c3ccc(OC)cc3)o2)cc1. The summed E-state index contributed by atoms with van der Waals surface area (Å²) in [6.07, 6.45) is 0. The van der Waals surface area contributed by atoms with Crippen LogP contribution in [0.25, 0.3) is 11.5 Å². The molecule has 140 valence electrons. The van der Waals surface area contributed by atoms with Crippen molar-refractivity contribution in [3.63, 3.8) is 0 Å². The number of methoxy groups -OCH3 is 1. The van der Waals surface area contributed by atoms with Crippen LogP contribution >= 0.6 is 0 Å². The van der Waals surface area contributed by atoms with Crippen LogP contribution in [0.3, 0.4) is 0 Å². The zero-order valence-corrected chi connectivity index (χ0v) is 15.5. The molecular formula is C18H17N3O5S. The fraction of sp³-hybridized carbons (Fsp3) is 0.167. The molecular weight excluding hydrogens is 370 g/mol. The number of ether oxygens (including phenoxy) is 1. The number of hydrogen-bond donors (Lipinski definition) is 1. The van der Waals surface area contributed by atoms with Gasteiger partial charge < -0.3 is 9.15 Å². The van der Waals surface area contributed by atoms with E-state index >= 15 is 0 Å². The van der Waals surface area contributed by atoms with E-state index in [1.165, 1.54) is 12.1 Å². The van der Waals surface area contributed by atoms with Crippen molar-refractivity contribution in [1.82, 2.24) is 10.2 Å². The summed E-state index contributed by atoms with van der Waals surface area (Å²) in [5.74, 6) is 0.423. The van der Waals surface area contributed by atoms with Crippen LogP contribution in [0, 0.1) is 0 Å². The number of amides is 1. The van der Waals surface area contributed by atoms with E-state index in [4.69, 9.17) is 9.15 Å². The predicted molar refractivity (Wildman–Crippen MR) is 98.4 cm³/mol. The molecule has 1 aromatic heterocycles. The van der Waals surface area contributed by atoms with E-state index in [0.717, 1.165) is 0 Å². The first-order valence-corrected chi connectivity index (χ1v) is 9.70. The van der Waals surface area contributed by atoms with Crippen molar-refractivity contribution in [2.45, 2.75) is 11.8 Å². The van der Waals surface area contributed by atoms with Crippen LogP contribution < -0.4 is 10.1 Å². The van der Waals surface area contributed by atoms with Crippen molar-refractivity contribution >= 4 is 21.8 Å². The molecule has 0 fully saturated rings. The highest BCUT2D eigenvalue weighted by Crippen LogP contribution is 2.22. The number of aromatic nitrogens is 2. The molecule has 1 amide bonds. The van der Waals surface area contributed by atoms with E-state index in [-0.39, 0.29) is 22.6 Å². The van der Waals surface area contributed by atoms with Gasteiger partial charge in [-0.1, -0.05) is 12.0 Å². The van der Waals surface area contributed by atoms with Gasteiger partial charge in [-0.25, -0.2) is 8.42 Å². The Bertz CT molecular complexity index is 1040. The Kier molecular flexibility index (Phi) is 5.22. The third kappa shape index (κ3) is 4.14. The number of carbonyl (C=O) groups is 1. The van der Waals surface area contributed by atoms with E-state index in [0.29, 0.717) is 16.9 Å². The molecule has 9 heteroatoms. The van der Waals surface area contributed by atoms with Crippen LogP contribution in [0.15, 0.2) is 57.8 Å². The number of hydrogen-bond acceptors (Lipinski definition) is 7. The number of carbonyl (C=O) groups excluding carboxylic acids is 1. The van der Waals surface area contributed by atoms with Crippen LogP contribution in [0.5, 0.6) is 5.75 Å². The zero-order chi connectivity index (χ0) is 19.4. The second-order valence-electron chi connectivity index (χ2n) is 5.52. The van der Waals surface area contributed by atoms with Gasteiger partial charge in [0.1, 0.15) is 5.75 Å². The van der Waals surface area contributed by atoms with Crippen LogP contribution in [0.4, 0.5) is 6.01 Å². The minimum atomic E-state index is -3.28. The monoisotopic (exact) mass is 387 g/mol. The maximum atomic E-state index is 12.2.